The van der Waals surface area contributed by atoms with Crippen molar-refractivity contribution >= 4 is 11.0 Å². The SMILES string of the molecule is COn1c(=O)n2c3c(cccc31)C[C@@H](N(C)C)C2. The molecule has 0 saturated heterocycles. The fourth-order valence-electron chi connectivity index (χ4n) is 2.75. The summed E-state index contributed by atoms with van der Waals surface area (Å²) in [5, 5.41) is 0. The van der Waals surface area contributed by atoms with Gasteiger partial charge in [0.1, 0.15) is 12.6 Å². The second-order valence-electron chi connectivity index (χ2n) is 4.98. The molecule has 0 saturated carbocycles. The van der Waals surface area contributed by atoms with Crippen molar-refractivity contribution in [2.75, 3.05) is 21.2 Å². The normalized spacial score (nSPS) is 18.6. The van der Waals surface area contributed by atoms with Gasteiger partial charge in [-0.2, -0.15) is 0 Å². The molecule has 2 heterocycles. The van der Waals surface area contributed by atoms with Gasteiger partial charge in [-0.1, -0.05) is 12.1 Å². The smallest absolute Gasteiger partial charge is 0.362 e. The molecule has 0 spiro atoms. The molecule has 3 rings (SSSR count). The highest BCUT2D eigenvalue weighted by Gasteiger charge is 2.26. The summed E-state index contributed by atoms with van der Waals surface area (Å²) < 4.78 is 3.19. The Bertz CT molecular complexity index is 654. The lowest BCUT2D eigenvalue weighted by Gasteiger charge is -2.28. The first-order chi connectivity index (χ1) is 8.63. The van der Waals surface area contributed by atoms with E-state index in [0.717, 1.165) is 24.0 Å². The van der Waals surface area contributed by atoms with Crippen molar-refractivity contribution in [3.63, 3.8) is 0 Å². The van der Waals surface area contributed by atoms with E-state index in [-0.39, 0.29) is 5.69 Å². The van der Waals surface area contributed by atoms with Crippen molar-refractivity contribution in [2.45, 2.75) is 19.0 Å². The van der Waals surface area contributed by atoms with Crippen LogP contribution in [-0.2, 0) is 13.0 Å². The van der Waals surface area contributed by atoms with E-state index in [9.17, 15) is 4.79 Å². The third-order valence-corrected chi connectivity index (χ3v) is 3.75. The molecule has 0 N–H and O–H groups in total. The van der Waals surface area contributed by atoms with Gasteiger partial charge in [0.25, 0.3) is 0 Å². The second kappa shape index (κ2) is 3.88. The number of imidazole rings is 1. The first kappa shape index (κ1) is 11.3. The predicted molar refractivity (Wildman–Crippen MR) is 69.9 cm³/mol. The third-order valence-electron chi connectivity index (χ3n) is 3.75. The standard InChI is InChI=1S/C13H17N3O2/c1-14(2)10-7-9-5-4-6-11-12(9)15(8-10)13(17)16(11)18-3/h4-6,10H,7-8H2,1-3H3/t10-/m1/s1. The van der Waals surface area contributed by atoms with Crippen LogP contribution in [0.5, 0.6) is 0 Å². The number of hydrogen-bond donors (Lipinski definition) is 0. The molecule has 0 radical (unpaired) electrons. The Labute approximate surface area is 105 Å². The molecule has 1 aliphatic heterocycles. The molecule has 1 aliphatic rings. The quantitative estimate of drug-likeness (QED) is 0.768. The van der Waals surface area contributed by atoms with Crippen molar-refractivity contribution in [3.8, 4) is 0 Å². The van der Waals surface area contributed by atoms with E-state index in [2.05, 4.69) is 11.0 Å². The average molecular weight is 247 g/mol. The lowest BCUT2D eigenvalue weighted by atomic mass is 10.00. The molecule has 1 aromatic heterocycles. The summed E-state index contributed by atoms with van der Waals surface area (Å²) >= 11 is 0. The molecule has 0 unspecified atom stereocenters. The van der Waals surface area contributed by atoms with Crippen LogP contribution in [0.4, 0.5) is 0 Å². The fraction of sp³-hybridized carbons (Fsp3) is 0.462. The van der Waals surface area contributed by atoms with Crippen LogP contribution in [0.1, 0.15) is 5.56 Å². The second-order valence-corrected chi connectivity index (χ2v) is 4.98. The maximum atomic E-state index is 12.3. The number of aromatic nitrogens is 2. The van der Waals surface area contributed by atoms with E-state index >= 15 is 0 Å². The summed E-state index contributed by atoms with van der Waals surface area (Å²) in [6, 6.07) is 6.35. The lowest BCUT2D eigenvalue weighted by Crippen LogP contribution is -2.40. The Balaban J connectivity index is 2.30. The van der Waals surface area contributed by atoms with Gasteiger partial charge in [0.15, 0.2) is 0 Å². The first-order valence-corrected chi connectivity index (χ1v) is 6.07. The van der Waals surface area contributed by atoms with E-state index in [1.165, 1.54) is 17.4 Å². The summed E-state index contributed by atoms with van der Waals surface area (Å²) in [7, 11) is 5.63. The molecule has 0 bridgehead atoms. The van der Waals surface area contributed by atoms with E-state index < -0.39 is 0 Å². The minimum atomic E-state index is -0.0912. The number of rotatable bonds is 2. The van der Waals surface area contributed by atoms with Crippen molar-refractivity contribution < 1.29 is 4.84 Å². The van der Waals surface area contributed by atoms with Gasteiger partial charge in [-0.25, -0.2) is 4.79 Å². The zero-order chi connectivity index (χ0) is 12.9. The van der Waals surface area contributed by atoms with Crippen LogP contribution in [0.25, 0.3) is 11.0 Å². The molecule has 5 heteroatoms. The monoisotopic (exact) mass is 247 g/mol. The number of likely N-dealkylation sites (N-methyl/N-ethyl adjacent to an activating group) is 1. The molecule has 1 aromatic carbocycles. The van der Waals surface area contributed by atoms with Gasteiger partial charge < -0.3 is 9.74 Å². The maximum absolute atomic E-state index is 12.3. The zero-order valence-corrected chi connectivity index (χ0v) is 10.9. The molecule has 5 nitrogen and oxygen atoms in total. The largest absolute Gasteiger partial charge is 0.412 e. The van der Waals surface area contributed by atoms with Crippen molar-refractivity contribution in [2.24, 2.45) is 0 Å². The zero-order valence-electron chi connectivity index (χ0n) is 10.9. The molecule has 0 aliphatic carbocycles. The van der Waals surface area contributed by atoms with Crippen LogP contribution in [0, 0.1) is 0 Å². The van der Waals surface area contributed by atoms with Crippen LogP contribution >= 0.6 is 0 Å². The van der Waals surface area contributed by atoms with Crippen LogP contribution in [0.3, 0.4) is 0 Å². The minimum absolute atomic E-state index is 0.0912. The van der Waals surface area contributed by atoms with Crippen molar-refractivity contribution in [3.05, 3.63) is 34.2 Å². The van der Waals surface area contributed by atoms with Gasteiger partial charge in [-0.15, -0.1) is 4.73 Å². The Hall–Kier alpha value is -1.75. The minimum Gasteiger partial charge on any atom is -0.412 e. The Morgan fingerprint density at radius 1 is 1.39 bits per heavy atom. The summed E-state index contributed by atoms with van der Waals surface area (Å²) in [6.45, 7) is 0.718. The third kappa shape index (κ3) is 1.40. The Morgan fingerprint density at radius 2 is 2.17 bits per heavy atom. The topological polar surface area (TPSA) is 39.4 Å². The molecule has 1 atom stereocenters. The molecule has 0 fully saturated rings. The average Bonchev–Trinajstić information content (AvgIpc) is 2.64. The van der Waals surface area contributed by atoms with E-state index in [1.807, 2.05) is 30.8 Å². The van der Waals surface area contributed by atoms with Crippen LogP contribution in [-0.4, -0.2) is 41.4 Å². The van der Waals surface area contributed by atoms with Gasteiger partial charge in [-0.3, -0.25) is 4.57 Å². The Kier molecular flexibility index (Phi) is 2.45. The number of nitrogens with zero attached hydrogens (tertiary/aromatic N) is 3. The van der Waals surface area contributed by atoms with Gasteiger partial charge in [0, 0.05) is 12.6 Å². The molecule has 96 valence electrons. The predicted octanol–water partition coefficient (Wildman–Crippen LogP) is 0.348. The Morgan fingerprint density at radius 3 is 2.83 bits per heavy atom. The summed E-state index contributed by atoms with van der Waals surface area (Å²) in [5.74, 6) is 0. The van der Waals surface area contributed by atoms with Gasteiger partial charge in [0.2, 0.25) is 0 Å². The highest BCUT2D eigenvalue weighted by Crippen LogP contribution is 2.25. The number of hydrogen-bond acceptors (Lipinski definition) is 3. The highest BCUT2D eigenvalue weighted by molar-refractivity contribution is 5.80. The number of benzene rings is 1. The highest BCUT2D eigenvalue weighted by atomic mass is 16.7. The molecular weight excluding hydrogens is 230 g/mol. The van der Waals surface area contributed by atoms with E-state index in [4.69, 9.17) is 4.84 Å². The number of para-hydroxylation sites is 1. The summed E-state index contributed by atoms with van der Waals surface area (Å²) in [4.78, 5) is 19.6. The molecule has 0 amide bonds. The van der Waals surface area contributed by atoms with Crippen LogP contribution in [0.15, 0.2) is 23.0 Å². The lowest BCUT2D eigenvalue weighted by molar-refractivity contribution is 0.163. The molecular formula is C13H17N3O2. The van der Waals surface area contributed by atoms with Gasteiger partial charge >= 0.3 is 5.69 Å². The molecule has 18 heavy (non-hydrogen) atoms. The van der Waals surface area contributed by atoms with Crippen molar-refractivity contribution in [1.82, 2.24) is 14.2 Å². The van der Waals surface area contributed by atoms with Gasteiger partial charge in [0.05, 0.1) is 5.52 Å². The first-order valence-electron chi connectivity index (χ1n) is 6.07. The summed E-state index contributed by atoms with van der Waals surface area (Å²) in [5.41, 5.74) is 3.00. The fourth-order valence-corrected chi connectivity index (χ4v) is 2.75. The molecule has 2 aromatic rings. The van der Waals surface area contributed by atoms with E-state index in [1.54, 1.807) is 0 Å². The van der Waals surface area contributed by atoms with Gasteiger partial charge in [-0.05, 0) is 32.1 Å². The van der Waals surface area contributed by atoms with Crippen LogP contribution in [0.2, 0.25) is 0 Å². The summed E-state index contributed by atoms with van der Waals surface area (Å²) in [6.07, 6.45) is 0.970. The van der Waals surface area contributed by atoms with Crippen LogP contribution < -0.4 is 10.5 Å². The van der Waals surface area contributed by atoms with Crippen molar-refractivity contribution in [1.29, 1.82) is 0 Å². The maximum Gasteiger partial charge on any atom is 0.362 e. The van der Waals surface area contributed by atoms with E-state index in [0.29, 0.717) is 6.04 Å².